The molecule has 0 radical (unpaired) electrons. The molecule has 2 saturated carbocycles. The summed E-state index contributed by atoms with van der Waals surface area (Å²) in [4.78, 5) is 11.9. The van der Waals surface area contributed by atoms with Crippen LogP contribution in [-0.4, -0.2) is 18.6 Å². The Labute approximate surface area is 97.7 Å². The van der Waals surface area contributed by atoms with Crippen LogP contribution < -0.4 is 5.73 Å². The van der Waals surface area contributed by atoms with Crippen LogP contribution in [0.3, 0.4) is 0 Å². The number of ether oxygens (including phenoxy) is 1. The number of unbranched alkanes of at least 4 members (excludes halogenated alkanes) is 2. The predicted molar refractivity (Wildman–Crippen MR) is 62.8 cm³/mol. The lowest BCUT2D eigenvalue weighted by atomic mass is 9.85. The smallest absolute Gasteiger partial charge is 0.310 e. The van der Waals surface area contributed by atoms with E-state index in [-0.39, 0.29) is 17.9 Å². The van der Waals surface area contributed by atoms with Crippen molar-refractivity contribution < 1.29 is 9.53 Å². The van der Waals surface area contributed by atoms with Crippen molar-refractivity contribution in [3.8, 4) is 0 Å². The van der Waals surface area contributed by atoms with Gasteiger partial charge in [0.15, 0.2) is 0 Å². The third kappa shape index (κ3) is 2.24. The maximum atomic E-state index is 11.9. The lowest BCUT2D eigenvalue weighted by molar-refractivity contribution is -0.151. The normalized spacial score (nSPS) is 36.6. The van der Waals surface area contributed by atoms with E-state index < -0.39 is 0 Å². The summed E-state index contributed by atoms with van der Waals surface area (Å²) < 4.78 is 5.33. The van der Waals surface area contributed by atoms with Gasteiger partial charge in [0.25, 0.3) is 0 Å². The Hall–Kier alpha value is -0.570. The SMILES string of the molecule is CCCCCOC(=O)C1C2CCC(C2)C1N. The van der Waals surface area contributed by atoms with Gasteiger partial charge in [-0.25, -0.2) is 0 Å². The summed E-state index contributed by atoms with van der Waals surface area (Å²) in [6.45, 7) is 2.72. The minimum atomic E-state index is -0.0317. The molecule has 0 aromatic rings. The molecule has 2 N–H and O–H groups in total. The van der Waals surface area contributed by atoms with Crippen LogP contribution in [0.5, 0.6) is 0 Å². The molecule has 3 nitrogen and oxygen atoms in total. The molecule has 4 atom stereocenters. The molecule has 2 aliphatic carbocycles. The average molecular weight is 225 g/mol. The lowest BCUT2D eigenvalue weighted by Gasteiger charge is -2.26. The van der Waals surface area contributed by atoms with E-state index in [0.29, 0.717) is 18.4 Å². The molecule has 4 unspecified atom stereocenters. The highest BCUT2D eigenvalue weighted by molar-refractivity contribution is 5.74. The lowest BCUT2D eigenvalue weighted by Crippen LogP contribution is -2.41. The summed E-state index contributed by atoms with van der Waals surface area (Å²) in [5.41, 5.74) is 6.09. The number of hydrogen-bond acceptors (Lipinski definition) is 3. The number of rotatable bonds is 5. The van der Waals surface area contributed by atoms with E-state index >= 15 is 0 Å². The minimum absolute atomic E-state index is 0.000349. The van der Waals surface area contributed by atoms with E-state index in [1.54, 1.807) is 0 Å². The van der Waals surface area contributed by atoms with E-state index in [9.17, 15) is 4.79 Å². The van der Waals surface area contributed by atoms with Crippen molar-refractivity contribution >= 4 is 5.97 Å². The summed E-state index contributed by atoms with van der Waals surface area (Å²) >= 11 is 0. The van der Waals surface area contributed by atoms with Gasteiger partial charge in [0, 0.05) is 6.04 Å². The van der Waals surface area contributed by atoms with Gasteiger partial charge in [-0.1, -0.05) is 19.8 Å². The molecule has 16 heavy (non-hydrogen) atoms. The molecule has 0 heterocycles. The van der Waals surface area contributed by atoms with Crippen molar-refractivity contribution in [2.45, 2.75) is 51.5 Å². The van der Waals surface area contributed by atoms with Crippen LogP contribution in [0.15, 0.2) is 0 Å². The Bertz CT molecular complexity index is 252. The standard InChI is InChI=1S/C13H23NO2/c1-2-3-4-7-16-13(15)11-9-5-6-10(8-9)12(11)14/h9-12H,2-8,14H2,1H3. The van der Waals surface area contributed by atoms with Gasteiger partial charge in [-0.15, -0.1) is 0 Å². The Balaban J connectivity index is 1.77. The number of esters is 1. The molecule has 0 saturated heterocycles. The fourth-order valence-corrected chi connectivity index (χ4v) is 3.31. The highest BCUT2D eigenvalue weighted by Crippen LogP contribution is 2.47. The highest BCUT2D eigenvalue weighted by atomic mass is 16.5. The molecule has 0 aromatic carbocycles. The topological polar surface area (TPSA) is 52.3 Å². The van der Waals surface area contributed by atoms with Gasteiger partial charge in [0.2, 0.25) is 0 Å². The molecule has 2 bridgehead atoms. The highest BCUT2D eigenvalue weighted by Gasteiger charge is 2.49. The van der Waals surface area contributed by atoms with Gasteiger partial charge >= 0.3 is 5.97 Å². The van der Waals surface area contributed by atoms with Crippen molar-refractivity contribution in [3.63, 3.8) is 0 Å². The fraction of sp³-hybridized carbons (Fsp3) is 0.923. The van der Waals surface area contributed by atoms with Crippen LogP contribution in [-0.2, 0) is 9.53 Å². The van der Waals surface area contributed by atoms with Crippen molar-refractivity contribution in [1.29, 1.82) is 0 Å². The first-order chi connectivity index (χ1) is 7.74. The van der Waals surface area contributed by atoms with Crippen LogP contribution in [0.4, 0.5) is 0 Å². The Morgan fingerprint density at radius 3 is 2.69 bits per heavy atom. The van der Waals surface area contributed by atoms with E-state index in [1.807, 2.05) is 0 Å². The first kappa shape index (κ1) is 11.9. The summed E-state index contributed by atoms with van der Waals surface area (Å²) in [6, 6.07) is 0.0671. The third-order valence-corrected chi connectivity index (χ3v) is 4.24. The number of hydrogen-bond donors (Lipinski definition) is 1. The molecule has 2 rings (SSSR count). The molecule has 92 valence electrons. The molecule has 0 aliphatic heterocycles. The first-order valence-corrected chi connectivity index (χ1v) is 6.66. The van der Waals surface area contributed by atoms with Gasteiger partial charge in [-0.2, -0.15) is 0 Å². The van der Waals surface area contributed by atoms with E-state index in [4.69, 9.17) is 10.5 Å². The molecular weight excluding hydrogens is 202 g/mol. The summed E-state index contributed by atoms with van der Waals surface area (Å²) in [5, 5.41) is 0. The Morgan fingerprint density at radius 2 is 2.06 bits per heavy atom. The zero-order chi connectivity index (χ0) is 11.5. The second kappa shape index (κ2) is 5.17. The molecular formula is C13H23NO2. The quantitative estimate of drug-likeness (QED) is 0.576. The van der Waals surface area contributed by atoms with Crippen LogP contribution in [0.25, 0.3) is 0 Å². The van der Waals surface area contributed by atoms with Gasteiger partial charge in [0.05, 0.1) is 12.5 Å². The van der Waals surface area contributed by atoms with Crippen LogP contribution in [0, 0.1) is 17.8 Å². The largest absolute Gasteiger partial charge is 0.465 e. The molecule has 0 spiro atoms. The molecule has 2 aliphatic rings. The monoisotopic (exact) mass is 225 g/mol. The third-order valence-electron chi connectivity index (χ3n) is 4.24. The molecule has 0 aromatic heterocycles. The van der Waals surface area contributed by atoms with E-state index in [0.717, 1.165) is 25.7 Å². The first-order valence-electron chi connectivity index (χ1n) is 6.66. The number of carbonyl (C=O) groups is 1. The van der Waals surface area contributed by atoms with Gasteiger partial charge in [-0.05, 0) is 37.5 Å². The van der Waals surface area contributed by atoms with Gasteiger partial charge in [0.1, 0.15) is 0 Å². The van der Waals surface area contributed by atoms with Crippen molar-refractivity contribution in [2.75, 3.05) is 6.61 Å². The van der Waals surface area contributed by atoms with Crippen LogP contribution >= 0.6 is 0 Å². The zero-order valence-corrected chi connectivity index (χ0v) is 10.2. The maximum Gasteiger partial charge on any atom is 0.310 e. The Morgan fingerprint density at radius 1 is 1.31 bits per heavy atom. The fourth-order valence-electron chi connectivity index (χ4n) is 3.31. The second-order valence-corrected chi connectivity index (χ2v) is 5.31. The Kier molecular flexibility index (Phi) is 3.85. The molecule has 3 heteroatoms. The number of carbonyl (C=O) groups excluding carboxylic acids is 1. The summed E-state index contributed by atoms with van der Waals surface area (Å²) in [5.74, 6) is 1.06. The predicted octanol–water partition coefficient (Wildman–Crippen LogP) is 2.09. The molecule has 2 fully saturated rings. The minimum Gasteiger partial charge on any atom is -0.465 e. The van der Waals surface area contributed by atoms with Gasteiger partial charge < -0.3 is 10.5 Å². The van der Waals surface area contributed by atoms with E-state index in [1.165, 1.54) is 12.8 Å². The van der Waals surface area contributed by atoms with Crippen LogP contribution in [0.2, 0.25) is 0 Å². The van der Waals surface area contributed by atoms with E-state index in [2.05, 4.69) is 6.92 Å². The average Bonchev–Trinajstić information content (AvgIpc) is 2.84. The zero-order valence-electron chi connectivity index (χ0n) is 10.2. The summed E-state index contributed by atoms with van der Waals surface area (Å²) in [7, 11) is 0. The van der Waals surface area contributed by atoms with Crippen LogP contribution in [0.1, 0.15) is 45.4 Å². The van der Waals surface area contributed by atoms with Crippen molar-refractivity contribution in [2.24, 2.45) is 23.5 Å². The number of nitrogens with two attached hydrogens (primary N) is 1. The maximum absolute atomic E-state index is 11.9. The van der Waals surface area contributed by atoms with Crippen molar-refractivity contribution in [3.05, 3.63) is 0 Å². The van der Waals surface area contributed by atoms with Gasteiger partial charge in [-0.3, -0.25) is 4.79 Å². The molecule has 0 amide bonds. The number of fused-ring (bicyclic) bond motifs is 2. The summed E-state index contributed by atoms with van der Waals surface area (Å²) in [6.07, 6.45) is 6.81. The van der Waals surface area contributed by atoms with Crippen molar-refractivity contribution in [1.82, 2.24) is 0 Å². The second-order valence-electron chi connectivity index (χ2n) is 5.31.